The topological polar surface area (TPSA) is 62.5 Å². The number of aromatic nitrogens is 1. The summed E-state index contributed by atoms with van der Waals surface area (Å²) in [5, 5.41) is 18.4. The first kappa shape index (κ1) is 17.1. The SMILES string of the molecule is Cl.Cn1c(C(O)C(F)(F)F)cc(=O)c(O)c1CCl. The Hall–Kier alpha value is -0.920. The molecule has 0 saturated heterocycles. The largest absolute Gasteiger partial charge is 0.503 e. The van der Waals surface area contributed by atoms with Gasteiger partial charge in [0.25, 0.3) is 0 Å². The lowest BCUT2D eigenvalue weighted by atomic mass is 10.2. The fourth-order valence-corrected chi connectivity index (χ4v) is 1.65. The molecule has 104 valence electrons. The number of rotatable bonds is 2. The predicted molar refractivity (Wildman–Crippen MR) is 61.2 cm³/mol. The van der Waals surface area contributed by atoms with Crippen LogP contribution >= 0.6 is 24.0 Å². The number of aliphatic hydroxyl groups is 1. The molecule has 0 fully saturated rings. The van der Waals surface area contributed by atoms with Gasteiger partial charge >= 0.3 is 6.18 Å². The van der Waals surface area contributed by atoms with E-state index in [2.05, 4.69) is 0 Å². The van der Waals surface area contributed by atoms with Crippen molar-refractivity contribution >= 4 is 24.0 Å². The summed E-state index contributed by atoms with van der Waals surface area (Å²) in [6, 6.07) is 0.531. The number of aliphatic hydroxyl groups excluding tert-OH is 1. The summed E-state index contributed by atoms with van der Waals surface area (Å²) >= 11 is 5.42. The number of nitrogens with zero attached hydrogens (tertiary/aromatic N) is 1. The number of pyridine rings is 1. The molecule has 0 aromatic carbocycles. The Balaban J connectivity index is 0.00000289. The second kappa shape index (κ2) is 5.81. The van der Waals surface area contributed by atoms with Crippen LogP contribution in [0, 0.1) is 0 Å². The molecule has 0 aliphatic heterocycles. The van der Waals surface area contributed by atoms with Crippen molar-refractivity contribution in [1.29, 1.82) is 0 Å². The lowest BCUT2D eigenvalue weighted by molar-refractivity contribution is -0.208. The molecule has 0 radical (unpaired) electrons. The van der Waals surface area contributed by atoms with Gasteiger partial charge in [0.05, 0.1) is 17.3 Å². The van der Waals surface area contributed by atoms with Gasteiger partial charge in [-0.05, 0) is 0 Å². The van der Waals surface area contributed by atoms with E-state index in [1.54, 1.807) is 0 Å². The molecule has 9 heteroatoms. The molecule has 1 aromatic rings. The zero-order valence-electron chi connectivity index (χ0n) is 9.03. The number of halogens is 5. The lowest BCUT2D eigenvalue weighted by Crippen LogP contribution is -2.26. The van der Waals surface area contributed by atoms with Gasteiger partial charge in [0.15, 0.2) is 11.9 Å². The first-order valence-electron chi connectivity index (χ1n) is 4.42. The zero-order valence-corrected chi connectivity index (χ0v) is 10.6. The minimum absolute atomic E-state index is 0. The average molecular weight is 308 g/mol. The van der Waals surface area contributed by atoms with E-state index >= 15 is 0 Å². The van der Waals surface area contributed by atoms with Gasteiger partial charge in [-0.1, -0.05) is 0 Å². The number of hydrogen-bond donors (Lipinski definition) is 2. The van der Waals surface area contributed by atoms with Gasteiger partial charge in [-0.25, -0.2) is 0 Å². The first-order valence-corrected chi connectivity index (χ1v) is 4.96. The van der Waals surface area contributed by atoms with Crippen LogP contribution in [0.4, 0.5) is 13.2 Å². The summed E-state index contributed by atoms with van der Waals surface area (Å²) in [6.07, 6.45) is -7.70. The van der Waals surface area contributed by atoms with Gasteiger partial charge in [-0.3, -0.25) is 4.79 Å². The van der Waals surface area contributed by atoms with Crippen LogP contribution in [0.25, 0.3) is 0 Å². The Morgan fingerprint density at radius 2 is 2.00 bits per heavy atom. The smallest absolute Gasteiger partial charge is 0.420 e. The van der Waals surface area contributed by atoms with E-state index < -0.39 is 29.2 Å². The molecule has 1 aromatic heterocycles. The van der Waals surface area contributed by atoms with Crippen LogP contribution in [0.15, 0.2) is 10.9 Å². The zero-order chi connectivity index (χ0) is 13.4. The highest BCUT2D eigenvalue weighted by molar-refractivity contribution is 6.17. The summed E-state index contributed by atoms with van der Waals surface area (Å²) < 4.78 is 37.8. The molecule has 1 heterocycles. The van der Waals surface area contributed by atoms with Crippen LogP contribution in [0.2, 0.25) is 0 Å². The summed E-state index contributed by atoms with van der Waals surface area (Å²) in [6.45, 7) is 0. The quantitative estimate of drug-likeness (QED) is 0.820. The van der Waals surface area contributed by atoms with Crippen LogP contribution in [0.1, 0.15) is 17.5 Å². The Labute approximate surface area is 111 Å². The third kappa shape index (κ3) is 3.09. The first-order chi connectivity index (χ1) is 7.70. The standard InChI is InChI=1S/C9H9ClF3NO3.ClH/c1-14-4(8(17)9(11,12)13)2-6(15)7(16)5(14)3-10;/h2,8,16-17H,3H2,1H3;1H. The van der Waals surface area contributed by atoms with Crippen LogP contribution in [0.3, 0.4) is 0 Å². The van der Waals surface area contributed by atoms with E-state index in [9.17, 15) is 23.1 Å². The molecule has 0 aliphatic carbocycles. The van der Waals surface area contributed by atoms with Crippen molar-refractivity contribution in [1.82, 2.24) is 4.57 Å². The summed E-state index contributed by atoms with van der Waals surface area (Å²) in [5.41, 5.74) is -1.87. The molecule has 0 amide bonds. The van der Waals surface area contributed by atoms with Crippen molar-refractivity contribution in [3.8, 4) is 5.75 Å². The molecular weight excluding hydrogens is 298 g/mol. The fourth-order valence-electron chi connectivity index (χ4n) is 1.34. The Morgan fingerprint density at radius 1 is 1.50 bits per heavy atom. The van der Waals surface area contributed by atoms with E-state index in [4.69, 9.17) is 16.7 Å². The number of alkyl halides is 4. The summed E-state index contributed by atoms with van der Waals surface area (Å²) in [7, 11) is 1.17. The molecule has 1 rings (SSSR count). The number of aromatic hydroxyl groups is 1. The monoisotopic (exact) mass is 307 g/mol. The number of hydrogen-bond acceptors (Lipinski definition) is 3. The molecular formula is C9H10Cl2F3NO3. The minimum Gasteiger partial charge on any atom is -0.503 e. The fraction of sp³-hybridized carbons (Fsp3) is 0.444. The van der Waals surface area contributed by atoms with Gasteiger partial charge in [-0.15, -0.1) is 24.0 Å². The molecule has 0 spiro atoms. The minimum atomic E-state index is -4.90. The maximum absolute atomic E-state index is 12.3. The molecule has 18 heavy (non-hydrogen) atoms. The van der Waals surface area contributed by atoms with Gasteiger partial charge in [0.2, 0.25) is 5.43 Å². The molecule has 4 nitrogen and oxygen atoms in total. The van der Waals surface area contributed by atoms with Crippen LogP contribution in [-0.4, -0.2) is 21.0 Å². The van der Waals surface area contributed by atoms with Crippen molar-refractivity contribution < 1.29 is 23.4 Å². The van der Waals surface area contributed by atoms with E-state index in [-0.39, 0.29) is 24.0 Å². The Morgan fingerprint density at radius 3 is 2.39 bits per heavy atom. The molecule has 1 atom stereocenters. The third-order valence-electron chi connectivity index (χ3n) is 2.29. The maximum Gasteiger partial charge on any atom is 0.420 e. The molecule has 0 saturated carbocycles. The van der Waals surface area contributed by atoms with Crippen molar-refractivity contribution in [2.24, 2.45) is 7.05 Å². The van der Waals surface area contributed by atoms with Gasteiger partial charge in [0.1, 0.15) is 0 Å². The third-order valence-corrected chi connectivity index (χ3v) is 2.55. The highest BCUT2D eigenvalue weighted by Crippen LogP contribution is 2.32. The molecule has 0 bridgehead atoms. The molecule has 1 unspecified atom stereocenters. The van der Waals surface area contributed by atoms with Crippen molar-refractivity contribution in [3.05, 3.63) is 27.7 Å². The lowest BCUT2D eigenvalue weighted by Gasteiger charge is -2.20. The summed E-state index contributed by atoms with van der Waals surface area (Å²) in [5.74, 6) is -1.07. The van der Waals surface area contributed by atoms with Crippen LogP contribution < -0.4 is 5.43 Å². The summed E-state index contributed by atoms with van der Waals surface area (Å²) in [4.78, 5) is 11.2. The van der Waals surface area contributed by atoms with Crippen molar-refractivity contribution in [2.75, 3.05) is 0 Å². The van der Waals surface area contributed by atoms with E-state index in [0.29, 0.717) is 6.07 Å². The van der Waals surface area contributed by atoms with Crippen LogP contribution in [-0.2, 0) is 12.9 Å². The second-order valence-electron chi connectivity index (χ2n) is 3.37. The van der Waals surface area contributed by atoms with Crippen molar-refractivity contribution in [2.45, 2.75) is 18.2 Å². The predicted octanol–water partition coefficient (Wildman–Crippen LogP) is 1.85. The Kier molecular flexibility index (Phi) is 5.52. The van der Waals surface area contributed by atoms with Gasteiger partial charge in [0, 0.05) is 13.1 Å². The van der Waals surface area contributed by atoms with E-state index in [1.807, 2.05) is 0 Å². The molecule has 2 N–H and O–H groups in total. The maximum atomic E-state index is 12.3. The van der Waals surface area contributed by atoms with E-state index in [1.165, 1.54) is 7.05 Å². The van der Waals surface area contributed by atoms with Crippen molar-refractivity contribution in [3.63, 3.8) is 0 Å². The van der Waals surface area contributed by atoms with Crippen LogP contribution in [0.5, 0.6) is 5.75 Å². The highest BCUT2D eigenvalue weighted by Gasteiger charge is 2.41. The van der Waals surface area contributed by atoms with Gasteiger partial charge in [-0.2, -0.15) is 13.2 Å². The van der Waals surface area contributed by atoms with E-state index in [0.717, 1.165) is 4.57 Å². The normalized spacial score (nSPS) is 13.0. The second-order valence-corrected chi connectivity index (χ2v) is 3.63. The highest BCUT2D eigenvalue weighted by atomic mass is 35.5. The Bertz CT molecular complexity index is 487. The van der Waals surface area contributed by atoms with Gasteiger partial charge < -0.3 is 14.8 Å². The average Bonchev–Trinajstić information content (AvgIpc) is 2.22. The molecule has 0 aliphatic rings.